The molecular formula is C20H27Cl2IN4OS. The van der Waals surface area contributed by atoms with E-state index >= 15 is 0 Å². The highest BCUT2D eigenvalue weighted by Crippen LogP contribution is 2.39. The van der Waals surface area contributed by atoms with E-state index in [0.29, 0.717) is 36.3 Å². The second kappa shape index (κ2) is 11.1. The number of hydrogen-bond acceptors (Lipinski definition) is 4. The number of aliphatic imine (C=N–C) groups is 1. The number of aromatic nitrogens is 1. The highest BCUT2D eigenvalue weighted by Gasteiger charge is 2.36. The fourth-order valence-electron chi connectivity index (χ4n) is 3.47. The molecule has 0 amide bonds. The Bertz CT molecular complexity index is 834. The first-order valence-electron chi connectivity index (χ1n) is 9.34. The molecule has 2 heterocycles. The summed E-state index contributed by atoms with van der Waals surface area (Å²) in [6.07, 6.45) is 1.78. The standard InChI is InChI=1S/C20H26Cl2N4OS.HI/c1-13-14(2)28-18(26-13)11-24-19(23-3)25-12-20(6-8-27-9-7-20)16-5-4-15(21)10-17(16)22;/h4-5,10H,6-9,11-12H2,1-3H3,(H2,23,24,25);1H. The lowest BCUT2D eigenvalue weighted by atomic mass is 9.74. The zero-order chi connectivity index (χ0) is 20.1. The summed E-state index contributed by atoms with van der Waals surface area (Å²) in [6, 6.07) is 5.75. The highest BCUT2D eigenvalue weighted by molar-refractivity contribution is 14.0. The van der Waals surface area contributed by atoms with Crippen LogP contribution in [0.3, 0.4) is 0 Å². The second-order valence-corrected chi connectivity index (χ2v) is 9.18. The van der Waals surface area contributed by atoms with E-state index < -0.39 is 0 Å². The van der Waals surface area contributed by atoms with Gasteiger partial charge < -0.3 is 15.4 Å². The molecule has 9 heteroatoms. The first-order chi connectivity index (χ1) is 13.4. The van der Waals surface area contributed by atoms with Gasteiger partial charge >= 0.3 is 0 Å². The van der Waals surface area contributed by atoms with E-state index in [9.17, 15) is 0 Å². The molecule has 2 aromatic rings. The molecule has 1 fully saturated rings. The van der Waals surface area contributed by atoms with Crippen LogP contribution in [-0.2, 0) is 16.7 Å². The largest absolute Gasteiger partial charge is 0.381 e. The van der Waals surface area contributed by atoms with Gasteiger partial charge in [0.1, 0.15) is 5.01 Å². The number of guanidine groups is 1. The Morgan fingerprint density at radius 2 is 1.97 bits per heavy atom. The normalized spacial score (nSPS) is 16.2. The van der Waals surface area contributed by atoms with Crippen molar-refractivity contribution in [1.29, 1.82) is 0 Å². The Hall–Kier alpha value is -0.610. The molecule has 0 bridgehead atoms. The van der Waals surface area contributed by atoms with Gasteiger partial charge in [0.2, 0.25) is 0 Å². The van der Waals surface area contributed by atoms with Gasteiger partial charge in [-0.15, -0.1) is 35.3 Å². The summed E-state index contributed by atoms with van der Waals surface area (Å²) >= 11 is 14.4. The molecule has 1 saturated heterocycles. The number of hydrogen-bond donors (Lipinski definition) is 2. The summed E-state index contributed by atoms with van der Waals surface area (Å²) in [6.45, 7) is 6.92. The molecule has 29 heavy (non-hydrogen) atoms. The molecule has 5 nitrogen and oxygen atoms in total. The zero-order valence-corrected chi connectivity index (χ0v) is 21.5. The quantitative estimate of drug-likeness (QED) is 0.299. The summed E-state index contributed by atoms with van der Waals surface area (Å²) in [5.41, 5.74) is 2.07. The molecule has 0 unspecified atom stereocenters. The molecule has 0 spiro atoms. The number of thiazole rings is 1. The van der Waals surface area contributed by atoms with Gasteiger partial charge in [-0.3, -0.25) is 4.99 Å². The third kappa shape index (κ3) is 6.19. The van der Waals surface area contributed by atoms with Gasteiger partial charge in [-0.2, -0.15) is 0 Å². The van der Waals surface area contributed by atoms with Crippen LogP contribution >= 0.6 is 58.5 Å². The predicted molar refractivity (Wildman–Crippen MR) is 133 cm³/mol. The van der Waals surface area contributed by atoms with E-state index in [1.54, 1.807) is 18.4 Å². The zero-order valence-electron chi connectivity index (χ0n) is 16.8. The fraction of sp³-hybridized carbons (Fsp3) is 0.500. The molecule has 1 aliphatic heterocycles. The maximum Gasteiger partial charge on any atom is 0.191 e. The number of ether oxygens (including phenoxy) is 1. The number of aryl methyl sites for hydroxylation is 2. The van der Waals surface area contributed by atoms with Gasteiger partial charge in [-0.05, 0) is 44.4 Å². The van der Waals surface area contributed by atoms with Crippen molar-refractivity contribution in [2.24, 2.45) is 4.99 Å². The van der Waals surface area contributed by atoms with Crippen LogP contribution in [0.5, 0.6) is 0 Å². The molecule has 1 aromatic carbocycles. The van der Waals surface area contributed by atoms with Crippen LogP contribution in [0.25, 0.3) is 0 Å². The number of rotatable bonds is 5. The Balaban J connectivity index is 0.00000300. The van der Waals surface area contributed by atoms with Gasteiger partial charge in [0.15, 0.2) is 5.96 Å². The SMILES string of the molecule is CN=C(NCc1nc(C)c(C)s1)NCC1(c2ccc(Cl)cc2Cl)CCOCC1.I. The van der Waals surface area contributed by atoms with Gasteiger partial charge in [0.05, 0.1) is 12.2 Å². The van der Waals surface area contributed by atoms with E-state index in [4.69, 9.17) is 27.9 Å². The van der Waals surface area contributed by atoms with Crippen molar-refractivity contribution >= 4 is 64.5 Å². The van der Waals surface area contributed by atoms with E-state index in [1.807, 2.05) is 25.1 Å². The summed E-state index contributed by atoms with van der Waals surface area (Å²) in [5, 5.41) is 9.25. The van der Waals surface area contributed by atoms with Crippen molar-refractivity contribution in [3.05, 3.63) is 49.4 Å². The summed E-state index contributed by atoms with van der Waals surface area (Å²) in [7, 11) is 1.78. The number of halogens is 3. The van der Waals surface area contributed by atoms with Crippen LogP contribution in [0, 0.1) is 13.8 Å². The Morgan fingerprint density at radius 3 is 2.55 bits per heavy atom. The molecule has 0 saturated carbocycles. The molecule has 0 radical (unpaired) electrons. The predicted octanol–water partition coefficient (Wildman–Crippen LogP) is 5.10. The molecule has 3 rings (SSSR count). The summed E-state index contributed by atoms with van der Waals surface area (Å²) in [5.74, 6) is 0.751. The molecular weight excluding hydrogens is 542 g/mol. The molecule has 1 aliphatic rings. The van der Waals surface area contributed by atoms with E-state index in [-0.39, 0.29) is 29.4 Å². The average molecular weight is 569 g/mol. The van der Waals surface area contributed by atoms with Gasteiger partial charge in [-0.1, -0.05) is 29.3 Å². The Morgan fingerprint density at radius 1 is 1.24 bits per heavy atom. The molecule has 2 N–H and O–H groups in total. The molecule has 0 atom stereocenters. The van der Waals surface area contributed by atoms with Crippen LogP contribution in [-0.4, -0.2) is 37.7 Å². The second-order valence-electron chi connectivity index (χ2n) is 7.05. The van der Waals surface area contributed by atoms with Crippen molar-refractivity contribution < 1.29 is 4.74 Å². The third-order valence-corrected chi connectivity index (χ3v) is 6.87. The van der Waals surface area contributed by atoms with Crippen molar-refractivity contribution in [2.45, 2.75) is 38.6 Å². The highest BCUT2D eigenvalue weighted by atomic mass is 127. The maximum absolute atomic E-state index is 6.55. The minimum Gasteiger partial charge on any atom is -0.381 e. The Labute approximate surface area is 203 Å². The molecule has 1 aromatic heterocycles. The third-order valence-electron chi connectivity index (χ3n) is 5.25. The van der Waals surface area contributed by atoms with Crippen LogP contribution < -0.4 is 10.6 Å². The van der Waals surface area contributed by atoms with Crippen LogP contribution in [0.1, 0.15) is 34.0 Å². The smallest absolute Gasteiger partial charge is 0.191 e. The average Bonchev–Trinajstić information content (AvgIpc) is 3.00. The van der Waals surface area contributed by atoms with Crippen molar-refractivity contribution in [2.75, 3.05) is 26.8 Å². The number of nitrogens with one attached hydrogen (secondary N) is 2. The van der Waals surface area contributed by atoms with Gasteiger partial charge in [0, 0.05) is 47.1 Å². The van der Waals surface area contributed by atoms with Crippen molar-refractivity contribution in [3.63, 3.8) is 0 Å². The lowest BCUT2D eigenvalue weighted by molar-refractivity contribution is 0.0514. The van der Waals surface area contributed by atoms with Crippen molar-refractivity contribution in [3.8, 4) is 0 Å². The lowest BCUT2D eigenvalue weighted by Gasteiger charge is -2.38. The molecule has 160 valence electrons. The van der Waals surface area contributed by atoms with Crippen molar-refractivity contribution in [1.82, 2.24) is 15.6 Å². The number of nitrogens with zero attached hydrogens (tertiary/aromatic N) is 2. The van der Waals surface area contributed by atoms with Crippen LogP contribution in [0.4, 0.5) is 0 Å². The first-order valence-corrected chi connectivity index (χ1v) is 10.9. The van der Waals surface area contributed by atoms with Gasteiger partial charge in [0.25, 0.3) is 0 Å². The van der Waals surface area contributed by atoms with Crippen LogP contribution in [0.15, 0.2) is 23.2 Å². The minimum atomic E-state index is -0.119. The van der Waals surface area contributed by atoms with E-state index in [2.05, 4.69) is 27.5 Å². The summed E-state index contributed by atoms with van der Waals surface area (Å²) < 4.78 is 5.61. The monoisotopic (exact) mass is 568 g/mol. The molecule has 0 aliphatic carbocycles. The minimum absolute atomic E-state index is 0. The lowest BCUT2D eigenvalue weighted by Crippen LogP contribution is -2.48. The maximum atomic E-state index is 6.55. The van der Waals surface area contributed by atoms with Gasteiger partial charge in [-0.25, -0.2) is 4.98 Å². The first kappa shape index (κ1) is 24.7. The number of benzene rings is 1. The topological polar surface area (TPSA) is 58.5 Å². The van der Waals surface area contributed by atoms with E-state index in [1.165, 1.54) is 4.88 Å². The Kier molecular flexibility index (Phi) is 9.47. The summed E-state index contributed by atoms with van der Waals surface area (Å²) in [4.78, 5) is 10.2. The van der Waals surface area contributed by atoms with E-state index in [0.717, 1.165) is 35.1 Å². The fourth-order valence-corrected chi connectivity index (χ4v) is 4.95. The van der Waals surface area contributed by atoms with Crippen LogP contribution in [0.2, 0.25) is 10.0 Å².